The summed E-state index contributed by atoms with van der Waals surface area (Å²) < 4.78 is 5.04. The van der Waals surface area contributed by atoms with Crippen LogP contribution in [0.25, 0.3) is 0 Å². The van der Waals surface area contributed by atoms with Crippen molar-refractivity contribution in [1.29, 1.82) is 0 Å². The minimum Gasteiger partial charge on any atom is -0.480 e. The summed E-state index contributed by atoms with van der Waals surface area (Å²) in [6.45, 7) is 5.39. The fourth-order valence-corrected chi connectivity index (χ4v) is 4.83. The zero-order chi connectivity index (χ0) is 15.7. The van der Waals surface area contributed by atoms with Crippen LogP contribution in [0, 0.1) is 0 Å². The minimum absolute atomic E-state index is 0.334. The van der Waals surface area contributed by atoms with E-state index in [9.17, 15) is 14.7 Å². The molecule has 1 aliphatic carbocycles. The fourth-order valence-electron chi connectivity index (χ4n) is 3.22. The zero-order valence-corrected chi connectivity index (χ0v) is 13.9. The van der Waals surface area contributed by atoms with E-state index in [1.807, 2.05) is 0 Å². The van der Waals surface area contributed by atoms with E-state index in [4.69, 9.17) is 4.74 Å². The number of carbonyl (C=O) groups excluding carboxylic acids is 1. The van der Waals surface area contributed by atoms with Crippen molar-refractivity contribution in [3.8, 4) is 0 Å². The SMILES string of the molecule is CC(C)(C)OC(=O)N1CSC2(CCCCCC2)[C@@H]1C(=O)O. The maximum absolute atomic E-state index is 12.3. The second kappa shape index (κ2) is 6.07. The van der Waals surface area contributed by atoms with E-state index >= 15 is 0 Å². The average Bonchev–Trinajstić information content (AvgIpc) is 2.54. The molecule has 1 amide bonds. The van der Waals surface area contributed by atoms with Crippen LogP contribution >= 0.6 is 11.8 Å². The molecule has 5 nitrogen and oxygen atoms in total. The van der Waals surface area contributed by atoms with E-state index in [0.717, 1.165) is 38.5 Å². The Bertz CT molecular complexity index is 410. The molecule has 1 saturated carbocycles. The molecule has 0 unspecified atom stereocenters. The predicted molar refractivity (Wildman–Crippen MR) is 82.4 cm³/mol. The molecule has 1 saturated heterocycles. The lowest BCUT2D eigenvalue weighted by Gasteiger charge is -2.34. The molecule has 0 bridgehead atoms. The molecular formula is C15H25NO4S. The van der Waals surface area contributed by atoms with Gasteiger partial charge in [0.15, 0.2) is 0 Å². The predicted octanol–water partition coefficient (Wildman–Crippen LogP) is 3.47. The van der Waals surface area contributed by atoms with Gasteiger partial charge in [-0.05, 0) is 33.6 Å². The first-order valence-corrected chi connectivity index (χ1v) is 8.60. The second-order valence-electron chi connectivity index (χ2n) is 6.94. The molecule has 2 aliphatic rings. The van der Waals surface area contributed by atoms with Crippen molar-refractivity contribution in [2.24, 2.45) is 0 Å². The minimum atomic E-state index is -0.909. The normalized spacial score (nSPS) is 25.7. The highest BCUT2D eigenvalue weighted by molar-refractivity contribution is 8.01. The lowest BCUT2D eigenvalue weighted by molar-refractivity contribution is -0.143. The molecule has 6 heteroatoms. The molecule has 0 aromatic heterocycles. The van der Waals surface area contributed by atoms with Crippen LogP contribution in [-0.4, -0.2) is 44.3 Å². The number of nitrogens with zero attached hydrogens (tertiary/aromatic N) is 1. The number of rotatable bonds is 1. The van der Waals surface area contributed by atoms with Crippen molar-refractivity contribution < 1.29 is 19.4 Å². The van der Waals surface area contributed by atoms with Crippen LogP contribution in [0.15, 0.2) is 0 Å². The number of carboxylic acid groups (broad SMARTS) is 1. The van der Waals surface area contributed by atoms with E-state index in [-0.39, 0.29) is 4.75 Å². The summed E-state index contributed by atoms with van der Waals surface area (Å²) in [5.74, 6) is -0.501. The molecule has 1 N–H and O–H groups in total. The summed E-state index contributed by atoms with van der Waals surface area (Å²) in [5, 5.41) is 9.68. The first-order valence-electron chi connectivity index (χ1n) is 7.62. The lowest BCUT2D eigenvalue weighted by atomic mass is 9.90. The van der Waals surface area contributed by atoms with Gasteiger partial charge in [-0.15, -0.1) is 11.8 Å². The Morgan fingerprint density at radius 1 is 1.19 bits per heavy atom. The largest absolute Gasteiger partial charge is 0.480 e. The first-order chi connectivity index (χ1) is 9.75. The molecular weight excluding hydrogens is 290 g/mol. The van der Waals surface area contributed by atoms with Gasteiger partial charge in [0.1, 0.15) is 11.6 Å². The van der Waals surface area contributed by atoms with Gasteiger partial charge < -0.3 is 9.84 Å². The van der Waals surface area contributed by atoms with Crippen molar-refractivity contribution >= 4 is 23.8 Å². The summed E-state index contributed by atoms with van der Waals surface area (Å²) in [6, 6.07) is -0.768. The maximum atomic E-state index is 12.3. The van der Waals surface area contributed by atoms with E-state index in [1.54, 1.807) is 32.5 Å². The van der Waals surface area contributed by atoms with Crippen LogP contribution in [0.4, 0.5) is 4.79 Å². The van der Waals surface area contributed by atoms with Crippen LogP contribution in [0.3, 0.4) is 0 Å². The number of hydrogen-bond acceptors (Lipinski definition) is 4. The summed E-state index contributed by atoms with van der Waals surface area (Å²) in [6.07, 6.45) is 5.62. The van der Waals surface area contributed by atoms with Gasteiger partial charge in [-0.25, -0.2) is 9.59 Å². The second-order valence-corrected chi connectivity index (χ2v) is 8.30. The monoisotopic (exact) mass is 315 g/mol. The highest BCUT2D eigenvalue weighted by Gasteiger charge is 2.54. The lowest BCUT2D eigenvalue weighted by Crippen LogP contribution is -2.52. The Hall–Kier alpha value is -0.910. The van der Waals surface area contributed by atoms with Crippen molar-refractivity contribution in [2.45, 2.75) is 75.7 Å². The molecule has 0 radical (unpaired) electrons. The van der Waals surface area contributed by atoms with Crippen LogP contribution in [0.2, 0.25) is 0 Å². The van der Waals surface area contributed by atoms with Crippen LogP contribution < -0.4 is 0 Å². The van der Waals surface area contributed by atoms with Crippen molar-refractivity contribution in [2.75, 3.05) is 5.88 Å². The Labute approximate surface area is 130 Å². The maximum Gasteiger partial charge on any atom is 0.411 e. The highest BCUT2D eigenvalue weighted by Crippen LogP contribution is 2.49. The van der Waals surface area contributed by atoms with Crippen molar-refractivity contribution in [1.82, 2.24) is 4.90 Å². The van der Waals surface area contributed by atoms with E-state index in [2.05, 4.69) is 0 Å². The molecule has 120 valence electrons. The fraction of sp³-hybridized carbons (Fsp3) is 0.867. The topological polar surface area (TPSA) is 66.8 Å². The molecule has 0 aromatic rings. The number of carbonyl (C=O) groups is 2. The van der Waals surface area contributed by atoms with Crippen molar-refractivity contribution in [3.63, 3.8) is 0 Å². The van der Waals surface area contributed by atoms with Crippen molar-refractivity contribution in [3.05, 3.63) is 0 Å². The smallest absolute Gasteiger partial charge is 0.411 e. The molecule has 1 aliphatic heterocycles. The zero-order valence-electron chi connectivity index (χ0n) is 13.1. The highest BCUT2D eigenvalue weighted by atomic mass is 32.2. The van der Waals surface area contributed by atoms with Gasteiger partial charge >= 0.3 is 12.1 Å². The molecule has 2 rings (SSSR count). The third-order valence-electron chi connectivity index (χ3n) is 4.11. The number of amides is 1. The summed E-state index contributed by atoms with van der Waals surface area (Å²) >= 11 is 1.62. The summed E-state index contributed by atoms with van der Waals surface area (Å²) in [4.78, 5) is 25.5. The number of carboxylic acids is 1. The Kier molecular flexibility index (Phi) is 4.76. The summed E-state index contributed by atoms with van der Waals surface area (Å²) in [7, 11) is 0. The van der Waals surface area contributed by atoms with Gasteiger partial charge in [0.25, 0.3) is 0 Å². The quantitative estimate of drug-likeness (QED) is 0.802. The number of thioether (sulfide) groups is 1. The van der Waals surface area contributed by atoms with E-state index in [1.165, 1.54) is 4.90 Å². The third-order valence-corrected chi connectivity index (χ3v) is 5.73. The van der Waals surface area contributed by atoms with Crippen LogP contribution in [-0.2, 0) is 9.53 Å². The Balaban J connectivity index is 2.20. The van der Waals surface area contributed by atoms with Gasteiger partial charge in [-0.1, -0.05) is 25.7 Å². The van der Waals surface area contributed by atoms with Gasteiger partial charge in [0.05, 0.1) is 5.88 Å². The van der Waals surface area contributed by atoms with E-state index < -0.39 is 23.7 Å². The third kappa shape index (κ3) is 3.65. The molecule has 1 spiro atoms. The van der Waals surface area contributed by atoms with Gasteiger partial charge in [-0.2, -0.15) is 0 Å². The molecule has 1 heterocycles. The molecule has 21 heavy (non-hydrogen) atoms. The Morgan fingerprint density at radius 2 is 1.76 bits per heavy atom. The molecule has 0 aromatic carbocycles. The van der Waals surface area contributed by atoms with Gasteiger partial charge in [0.2, 0.25) is 0 Å². The van der Waals surface area contributed by atoms with Gasteiger partial charge in [-0.3, -0.25) is 4.90 Å². The molecule has 1 atom stereocenters. The van der Waals surface area contributed by atoms with Crippen LogP contribution in [0.1, 0.15) is 59.3 Å². The number of hydrogen-bond donors (Lipinski definition) is 1. The average molecular weight is 315 g/mol. The standard InChI is InChI=1S/C15H25NO4S/c1-14(2,3)20-13(19)16-10-21-15(11(16)12(17)18)8-6-4-5-7-9-15/h11H,4-10H2,1-3H3,(H,17,18)/t11-/m0/s1. The Morgan fingerprint density at radius 3 is 2.24 bits per heavy atom. The summed E-state index contributed by atoms with van der Waals surface area (Å²) in [5.41, 5.74) is -0.607. The number of aliphatic carboxylic acids is 1. The molecule has 2 fully saturated rings. The van der Waals surface area contributed by atoms with Gasteiger partial charge in [0, 0.05) is 4.75 Å². The first kappa shape index (κ1) is 16.5. The number of ether oxygens (including phenoxy) is 1. The van der Waals surface area contributed by atoms with Crippen LogP contribution in [0.5, 0.6) is 0 Å². The van der Waals surface area contributed by atoms with E-state index in [0.29, 0.717) is 5.88 Å².